The van der Waals surface area contributed by atoms with Crippen LogP contribution in [0, 0.1) is 6.92 Å². The molecule has 4 nitrogen and oxygen atoms in total. The van der Waals surface area contributed by atoms with Crippen LogP contribution in [0.1, 0.15) is 5.56 Å². The molecular weight excluding hydrogens is 403 g/mol. The number of hydrogen-bond donors (Lipinski definition) is 0. The molecule has 0 atom stereocenters. The zero-order valence-corrected chi connectivity index (χ0v) is 15.9. The molecule has 0 saturated heterocycles. The zero-order chi connectivity index (χ0) is 17.7. The summed E-state index contributed by atoms with van der Waals surface area (Å²) in [5.41, 5.74) is 0.808. The second-order valence-electron chi connectivity index (χ2n) is 5.26. The molecule has 3 rings (SSSR count). The summed E-state index contributed by atoms with van der Waals surface area (Å²) < 4.78 is 31.1. The molecule has 6 heteroatoms. The van der Waals surface area contributed by atoms with Crippen LogP contribution >= 0.6 is 23.8 Å². The monoisotopic (exact) mass is 418 g/mol. The average Bonchev–Trinajstić information content (AvgIpc) is 2.59. The van der Waals surface area contributed by atoms with Crippen molar-refractivity contribution in [2.75, 3.05) is 0 Å². The Morgan fingerprint density at radius 3 is 1.76 bits per heavy atom. The summed E-state index contributed by atoms with van der Waals surface area (Å²) in [5.74, 6) is 1.23. The lowest BCUT2D eigenvalue weighted by molar-refractivity contribution is 0.298. The van der Waals surface area contributed by atoms with Crippen LogP contribution < -0.4 is 13.6 Å². The minimum atomic E-state index is -3.94. The normalized spacial score (nSPS) is 11.0. The SMILES string of the molecule is Cc1cc(Br)ccc1OP(=O)(Oc1ccccc1)Oc1ccccc1. The molecule has 0 heterocycles. The number of rotatable bonds is 6. The molecule has 0 aliphatic carbocycles. The Kier molecular flexibility index (Phi) is 5.47. The second-order valence-corrected chi connectivity index (χ2v) is 7.61. The van der Waals surface area contributed by atoms with E-state index >= 15 is 0 Å². The average molecular weight is 419 g/mol. The van der Waals surface area contributed by atoms with Crippen LogP contribution in [0.25, 0.3) is 0 Å². The molecule has 0 bridgehead atoms. The van der Waals surface area contributed by atoms with Gasteiger partial charge in [-0.05, 0) is 55.0 Å². The maximum Gasteiger partial charge on any atom is 0.647 e. The quantitative estimate of drug-likeness (QED) is 0.434. The van der Waals surface area contributed by atoms with Crippen LogP contribution in [0.15, 0.2) is 83.3 Å². The molecule has 0 aliphatic heterocycles. The van der Waals surface area contributed by atoms with E-state index in [4.69, 9.17) is 13.6 Å². The van der Waals surface area contributed by atoms with Crippen LogP contribution in [0.4, 0.5) is 0 Å². The topological polar surface area (TPSA) is 44.8 Å². The van der Waals surface area contributed by atoms with Crippen molar-refractivity contribution in [3.05, 3.63) is 88.9 Å². The summed E-state index contributed by atoms with van der Waals surface area (Å²) in [6.07, 6.45) is 0. The Bertz CT molecular complexity index is 839. The summed E-state index contributed by atoms with van der Waals surface area (Å²) in [4.78, 5) is 0. The largest absolute Gasteiger partial charge is 0.647 e. The van der Waals surface area contributed by atoms with Crippen LogP contribution in [0.3, 0.4) is 0 Å². The van der Waals surface area contributed by atoms with Gasteiger partial charge >= 0.3 is 7.82 Å². The van der Waals surface area contributed by atoms with Gasteiger partial charge in [0.1, 0.15) is 17.2 Å². The molecule has 3 aromatic carbocycles. The predicted molar refractivity (Wildman–Crippen MR) is 101 cm³/mol. The summed E-state index contributed by atoms with van der Waals surface area (Å²) >= 11 is 3.40. The first-order valence-corrected chi connectivity index (χ1v) is 9.84. The van der Waals surface area contributed by atoms with Gasteiger partial charge in [-0.15, -0.1) is 0 Å². The number of phosphoric ester groups is 1. The number of aryl methyl sites for hydroxylation is 1. The fourth-order valence-electron chi connectivity index (χ4n) is 2.11. The van der Waals surface area contributed by atoms with Crippen LogP contribution in [0.2, 0.25) is 0 Å². The molecule has 0 aromatic heterocycles. The number of halogens is 1. The molecule has 0 radical (unpaired) electrons. The summed E-state index contributed by atoms with van der Waals surface area (Å²) in [5, 5.41) is 0. The maximum atomic E-state index is 13.3. The minimum Gasteiger partial charge on any atom is -0.386 e. The smallest absolute Gasteiger partial charge is 0.386 e. The minimum absolute atomic E-state index is 0.400. The van der Waals surface area contributed by atoms with Crippen molar-refractivity contribution in [1.82, 2.24) is 0 Å². The maximum absolute atomic E-state index is 13.3. The molecule has 0 saturated carbocycles. The molecule has 0 N–H and O–H groups in total. The first-order valence-electron chi connectivity index (χ1n) is 7.59. The van der Waals surface area contributed by atoms with Crippen LogP contribution in [-0.4, -0.2) is 0 Å². The predicted octanol–water partition coefficient (Wildman–Crippen LogP) is 6.40. The number of hydrogen-bond acceptors (Lipinski definition) is 4. The highest BCUT2D eigenvalue weighted by atomic mass is 79.9. The van der Waals surface area contributed by atoms with E-state index in [0.29, 0.717) is 17.2 Å². The van der Waals surface area contributed by atoms with Crippen molar-refractivity contribution < 1.29 is 18.1 Å². The lowest BCUT2D eigenvalue weighted by atomic mass is 10.2. The van der Waals surface area contributed by atoms with E-state index in [1.807, 2.05) is 25.1 Å². The third kappa shape index (κ3) is 4.88. The highest BCUT2D eigenvalue weighted by Crippen LogP contribution is 2.50. The lowest BCUT2D eigenvalue weighted by Crippen LogP contribution is -2.08. The highest BCUT2D eigenvalue weighted by Gasteiger charge is 2.33. The molecule has 0 spiro atoms. The van der Waals surface area contributed by atoms with E-state index in [-0.39, 0.29) is 0 Å². The van der Waals surface area contributed by atoms with Crippen molar-refractivity contribution in [1.29, 1.82) is 0 Å². The lowest BCUT2D eigenvalue weighted by Gasteiger charge is -2.20. The van der Waals surface area contributed by atoms with E-state index in [1.54, 1.807) is 60.7 Å². The molecule has 0 aliphatic rings. The summed E-state index contributed by atoms with van der Waals surface area (Å²) in [6, 6.07) is 23.0. The van der Waals surface area contributed by atoms with Gasteiger partial charge in [-0.3, -0.25) is 0 Å². The van der Waals surface area contributed by atoms with E-state index in [9.17, 15) is 4.57 Å². The van der Waals surface area contributed by atoms with Crippen molar-refractivity contribution in [2.45, 2.75) is 6.92 Å². The van der Waals surface area contributed by atoms with E-state index in [0.717, 1.165) is 10.0 Å². The van der Waals surface area contributed by atoms with Crippen molar-refractivity contribution >= 4 is 23.8 Å². The van der Waals surface area contributed by atoms with Crippen LogP contribution in [0.5, 0.6) is 17.2 Å². The first-order chi connectivity index (χ1) is 12.0. The van der Waals surface area contributed by atoms with E-state index in [2.05, 4.69) is 15.9 Å². The molecule has 128 valence electrons. The van der Waals surface area contributed by atoms with Crippen molar-refractivity contribution in [3.63, 3.8) is 0 Å². The van der Waals surface area contributed by atoms with Gasteiger partial charge in [-0.25, -0.2) is 0 Å². The van der Waals surface area contributed by atoms with Gasteiger partial charge in [0.25, 0.3) is 0 Å². The number of benzene rings is 3. The zero-order valence-electron chi connectivity index (χ0n) is 13.5. The molecule has 0 amide bonds. The second kappa shape index (κ2) is 7.77. The van der Waals surface area contributed by atoms with Gasteiger partial charge in [0.2, 0.25) is 0 Å². The standard InChI is InChI=1S/C19H16BrO4P/c1-15-14-16(20)12-13-19(15)24-25(21,22-17-8-4-2-5-9-17)23-18-10-6-3-7-11-18/h2-14H,1H3. The number of para-hydroxylation sites is 2. The van der Waals surface area contributed by atoms with Gasteiger partial charge in [0, 0.05) is 4.47 Å². The van der Waals surface area contributed by atoms with Crippen molar-refractivity contribution in [3.8, 4) is 17.2 Å². The highest BCUT2D eigenvalue weighted by molar-refractivity contribution is 9.10. The third-order valence-corrected chi connectivity index (χ3v) is 5.05. The van der Waals surface area contributed by atoms with Gasteiger partial charge < -0.3 is 13.6 Å². The van der Waals surface area contributed by atoms with Crippen molar-refractivity contribution in [2.24, 2.45) is 0 Å². The Hall–Kier alpha value is -2.23. The fraction of sp³-hybridized carbons (Fsp3) is 0.0526. The molecule has 3 aromatic rings. The Morgan fingerprint density at radius 1 is 0.760 bits per heavy atom. The Morgan fingerprint density at radius 2 is 1.28 bits per heavy atom. The molecule has 25 heavy (non-hydrogen) atoms. The van der Waals surface area contributed by atoms with E-state index < -0.39 is 7.82 Å². The molecular formula is C19H16BrO4P. The van der Waals surface area contributed by atoms with Crippen LogP contribution in [-0.2, 0) is 4.57 Å². The Balaban J connectivity index is 1.91. The van der Waals surface area contributed by atoms with Gasteiger partial charge in [-0.2, -0.15) is 4.57 Å². The third-order valence-electron chi connectivity index (χ3n) is 3.27. The molecule has 0 fully saturated rings. The summed E-state index contributed by atoms with van der Waals surface area (Å²) in [6.45, 7) is 1.86. The van der Waals surface area contributed by atoms with E-state index in [1.165, 1.54) is 0 Å². The molecule has 0 unspecified atom stereocenters. The Labute approximate surface area is 155 Å². The van der Waals surface area contributed by atoms with Gasteiger partial charge in [0.15, 0.2) is 0 Å². The van der Waals surface area contributed by atoms with Gasteiger partial charge in [0.05, 0.1) is 0 Å². The number of phosphoric acid groups is 1. The fourth-order valence-corrected chi connectivity index (χ4v) is 3.91. The van der Waals surface area contributed by atoms with Gasteiger partial charge in [-0.1, -0.05) is 52.3 Å². The first kappa shape index (κ1) is 17.6. The summed E-state index contributed by atoms with van der Waals surface area (Å²) in [7, 11) is -3.94.